The van der Waals surface area contributed by atoms with Gasteiger partial charge in [-0.1, -0.05) is 54.6 Å². The highest BCUT2D eigenvalue weighted by Gasteiger charge is 2.22. The zero-order chi connectivity index (χ0) is 26.0. The predicted octanol–water partition coefficient (Wildman–Crippen LogP) is 5.05. The fourth-order valence-corrected chi connectivity index (χ4v) is 4.64. The van der Waals surface area contributed by atoms with Gasteiger partial charge in [0.15, 0.2) is 0 Å². The molecule has 0 saturated carbocycles. The number of carboxylic acids is 1. The number of aryl methyl sites for hydroxylation is 1. The molecular weight excluding hydrogens is 464 g/mol. The van der Waals surface area contributed by atoms with Crippen LogP contribution in [-0.2, 0) is 11.2 Å². The van der Waals surface area contributed by atoms with E-state index in [0.717, 1.165) is 37.0 Å². The second kappa shape index (κ2) is 12.8. The van der Waals surface area contributed by atoms with E-state index in [0.29, 0.717) is 36.4 Å². The van der Waals surface area contributed by atoms with Crippen LogP contribution in [0, 0.1) is 0 Å². The number of nitrogens with zero attached hydrogens (tertiary/aromatic N) is 1. The van der Waals surface area contributed by atoms with Crippen LogP contribution in [0.4, 0.5) is 11.4 Å². The molecule has 0 aromatic heterocycles. The van der Waals surface area contributed by atoms with Crippen molar-refractivity contribution in [2.24, 2.45) is 4.99 Å². The summed E-state index contributed by atoms with van der Waals surface area (Å²) in [5.74, 6) is -0.955. The highest BCUT2D eigenvalue weighted by atomic mass is 16.4. The van der Waals surface area contributed by atoms with Gasteiger partial charge in [0.25, 0.3) is 5.91 Å². The molecule has 1 unspecified atom stereocenters. The summed E-state index contributed by atoms with van der Waals surface area (Å²) >= 11 is 0. The fourth-order valence-electron chi connectivity index (χ4n) is 4.64. The van der Waals surface area contributed by atoms with Crippen molar-refractivity contribution in [1.29, 1.82) is 0 Å². The molecule has 2 aromatic carbocycles. The minimum Gasteiger partial charge on any atom is -0.481 e. The SMILES string of the molecule is Nc1cc(C(=O)NC2CCCc3ccccc32)ccc1N=C(CNCCCC(=O)O)C1=CC=CCC=C1. The van der Waals surface area contributed by atoms with E-state index in [4.69, 9.17) is 15.8 Å². The van der Waals surface area contributed by atoms with Crippen LogP contribution in [0.3, 0.4) is 0 Å². The number of aliphatic imine (C=N–C) groups is 1. The molecule has 0 fully saturated rings. The van der Waals surface area contributed by atoms with Crippen LogP contribution in [0.15, 0.2) is 83.4 Å². The number of rotatable bonds is 10. The molecule has 7 heteroatoms. The molecule has 0 heterocycles. The quantitative estimate of drug-likeness (QED) is 0.208. The summed E-state index contributed by atoms with van der Waals surface area (Å²) in [6.07, 6.45) is 14.7. The summed E-state index contributed by atoms with van der Waals surface area (Å²) in [6, 6.07) is 13.5. The van der Waals surface area contributed by atoms with Gasteiger partial charge in [-0.15, -0.1) is 0 Å². The Morgan fingerprint density at radius 1 is 1.14 bits per heavy atom. The van der Waals surface area contributed by atoms with E-state index in [1.54, 1.807) is 18.2 Å². The van der Waals surface area contributed by atoms with Crippen molar-refractivity contribution >= 4 is 29.0 Å². The minimum atomic E-state index is -0.806. The maximum atomic E-state index is 13.1. The Kier molecular flexibility index (Phi) is 9.05. The maximum Gasteiger partial charge on any atom is 0.303 e. The summed E-state index contributed by atoms with van der Waals surface area (Å²) in [7, 11) is 0. The number of nitrogens with one attached hydrogen (secondary N) is 2. The number of carbonyl (C=O) groups excluding carboxylic acids is 1. The summed E-state index contributed by atoms with van der Waals surface area (Å²) in [4.78, 5) is 28.7. The summed E-state index contributed by atoms with van der Waals surface area (Å²) in [6.45, 7) is 1.03. The average molecular weight is 499 g/mol. The van der Waals surface area contributed by atoms with Gasteiger partial charge in [0.2, 0.25) is 0 Å². The molecule has 192 valence electrons. The Hall–Kier alpha value is -3.97. The predicted molar refractivity (Wildman–Crippen MR) is 148 cm³/mol. The van der Waals surface area contributed by atoms with Crippen LogP contribution in [0.2, 0.25) is 0 Å². The topological polar surface area (TPSA) is 117 Å². The van der Waals surface area contributed by atoms with Crippen molar-refractivity contribution in [3.63, 3.8) is 0 Å². The van der Waals surface area contributed by atoms with E-state index in [9.17, 15) is 9.59 Å². The number of nitrogen functional groups attached to an aromatic ring is 1. The first-order valence-corrected chi connectivity index (χ1v) is 12.8. The summed E-state index contributed by atoms with van der Waals surface area (Å²) < 4.78 is 0. The number of amides is 1. The third-order valence-electron chi connectivity index (χ3n) is 6.57. The number of carboxylic acid groups (broad SMARTS) is 1. The van der Waals surface area contributed by atoms with Gasteiger partial charge in [-0.05, 0) is 73.5 Å². The number of carbonyl (C=O) groups is 2. The van der Waals surface area contributed by atoms with Crippen molar-refractivity contribution < 1.29 is 14.7 Å². The first-order valence-electron chi connectivity index (χ1n) is 12.8. The van der Waals surface area contributed by atoms with Crippen molar-refractivity contribution in [3.8, 4) is 0 Å². The smallest absolute Gasteiger partial charge is 0.303 e. The number of hydrogen-bond donors (Lipinski definition) is 4. The number of nitrogens with two attached hydrogens (primary N) is 1. The van der Waals surface area contributed by atoms with E-state index in [1.807, 2.05) is 30.4 Å². The number of anilines is 1. The van der Waals surface area contributed by atoms with Gasteiger partial charge in [-0.25, -0.2) is 4.99 Å². The first kappa shape index (κ1) is 26.1. The number of allylic oxidation sites excluding steroid dienone is 5. The second-order valence-electron chi connectivity index (χ2n) is 9.31. The number of hydrogen-bond acceptors (Lipinski definition) is 5. The Morgan fingerprint density at radius 2 is 2.00 bits per heavy atom. The molecule has 0 bridgehead atoms. The molecule has 1 atom stereocenters. The molecule has 4 rings (SSSR count). The Labute approximate surface area is 217 Å². The van der Waals surface area contributed by atoms with Crippen molar-refractivity contribution in [2.45, 2.75) is 44.6 Å². The molecule has 7 nitrogen and oxygen atoms in total. The largest absolute Gasteiger partial charge is 0.481 e. The van der Waals surface area contributed by atoms with Crippen LogP contribution in [0.5, 0.6) is 0 Å². The van der Waals surface area contributed by atoms with E-state index >= 15 is 0 Å². The Balaban J connectivity index is 1.49. The molecule has 2 aliphatic carbocycles. The lowest BCUT2D eigenvalue weighted by Crippen LogP contribution is -2.31. The van der Waals surface area contributed by atoms with Gasteiger partial charge in [0, 0.05) is 18.5 Å². The summed E-state index contributed by atoms with van der Waals surface area (Å²) in [5, 5.41) is 15.3. The van der Waals surface area contributed by atoms with Gasteiger partial charge in [-0.3, -0.25) is 9.59 Å². The Bertz CT molecular complexity index is 1260. The molecule has 37 heavy (non-hydrogen) atoms. The molecular formula is C30H34N4O3. The molecule has 0 saturated heterocycles. The fraction of sp³-hybridized carbons (Fsp3) is 0.300. The minimum absolute atomic E-state index is 0.00260. The Morgan fingerprint density at radius 3 is 2.84 bits per heavy atom. The van der Waals surface area contributed by atoms with E-state index in [1.165, 1.54) is 11.1 Å². The lowest BCUT2D eigenvalue weighted by Gasteiger charge is -2.26. The molecule has 2 aromatic rings. The zero-order valence-electron chi connectivity index (χ0n) is 21.0. The van der Waals surface area contributed by atoms with Crippen LogP contribution >= 0.6 is 0 Å². The van der Waals surface area contributed by atoms with Crippen LogP contribution in [-0.4, -0.2) is 35.8 Å². The number of fused-ring (bicyclic) bond motifs is 1. The monoisotopic (exact) mass is 498 g/mol. The lowest BCUT2D eigenvalue weighted by molar-refractivity contribution is -0.137. The van der Waals surface area contributed by atoms with E-state index < -0.39 is 5.97 Å². The van der Waals surface area contributed by atoms with Crippen LogP contribution in [0.25, 0.3) is 0 Å². The van der Waals surface area contributed by atoms with Crippen LogP contribution in [0.1, 0.15) is 59.6 Å². The van der Waals surface area contributed by atoms with Gasteiger partial charge in [0.05, 0.1) is 23.1 Å². The number of benzene rings is 2. The van der Waals surface area contributed by atoms with E-state index in [-0.39, 0.29) is 18.4 Å². The highest BCUT2D eigenvalue weighted by Crippen LogP contribution is 2.30. The molecule has 0 aliphatic heterocycles. The molecule has 1 amide bonds. The van der Waals surface area contributed by atoms with Crippen molar-refractivity contribution in [1.82, 2.24) is 10.6 Å². The van der Waals surface area contributed by atoms with Gasteiger partial charge in [-0.2, -0.15) is 0 Å². The third kappa shape index (κ3) is 7.27. The second-order valence-corrected chi connectivity index (χ2v) is 9.31. The highest BCUT2D eigenvalue weighted by molar-refractivity contribution is 6.06. The average Bonchev–Trinajstić information content (AvgIpc) is 3.18. The summed E-state index contributed by atoms with van der Waals surface area (Å²) in [5.41, 5.74) is 12.1. The van der Waals surface area contributed by atoms with Gasteiger partial charge >= 0.3 is 5.97 Å². The molecule has 0 radical (unpaired) electrons. The number of aliphatic carboxylic acids is 1. The standard InChI is InChI=1S/C30H34N4O3/c31-25-19-23(30(37)34-26-14-7-12-21-9-5-6-13-24(21)26)16-17-27(25)33-28(20-32-18-8-15-29(35)36)22-10-3-1-2-4-11-22/h1,3-6,9-11,13,16-17,19,26,32H,2,7-8,12,14-15,18,20,31H2,(H,34,37)(H,35,36). The molecule has 0 spiro atoms. The van der Waals surface area contributed by atoms with Crippen molar-refractivity contribution in [2.75, 3.05) is 18.8 Å². The first-order chi connectivity index (χ1) is 18.0. The lowest BCUT2D eigenvalue weighted by atomic mass is 9.87. The van der Waals surface area contributed by atoms with Crippen molar-refractivity contribution in [3.05, 3.63) is 95.1 Å². The zero-order valence-corrected chi connectivity index (χ0v) is 21.0. The van der Waals surface area contributed by atoms with E-state index in [2.05, 4.69) is 34.9 Å². The normalized spacial score (nSPS) is 17.0. The van der Waals surface area contributed by atoms with Gasteiger partial charge in [0.1, 0.15) is 0 Å². The van der Waals surface area contributed by atoms with Crippen LogP contribution < -0.4 is 16.4 Å². The maximum absolute atomic E-state index is 13.1. The van der Waals surface area contributed by atoms with Gasteiger partial charge < -0.3 is 21.5 Å². The molecule has 2 aliphatic rings. The molecule has 5 N–H and O–H groups in total. The third-order valence-corrected chi connectivity index (χ3v) is 6.57.